The number of hydrogen-bond donors (Lipinski definition) is 1. The van der Waals surface area contributed by atoms with E-state index in [9.17, 15) is 9.60 Å². The summed E-state index contributed by atoms with van der Waals surface area (Å²) in [6.07, 6.45) is -0.992. The van der Waals surface area contributed by atoms with Crippen molar-refractivity contribution < 1.29 is 9.60 Å². The minimum Gasteiger partial charge on any atom is -0.286 e. The van der Waals surface area contributed by atoms with Crippen LogP contribution < -0.4 is 10.6 Å². The number of halogens is 4. The normalized spacial score (nSPS) is 17.7. The van der Waals surface area contributed by atoms with Crippen LogP contribution in [-0.4, -0.2) is 20.8 Å². The SMILES string of the molecule is CC(Cl)(Cl)C1N=c2ccc(Cl)cc2=C(c2ccccc2F)N1O. The van der Waals surface area contributed by atoms with Crippen LogP contribution in [0.1, 0.15) is 12.5 Å². The van der Waals surface area contributed by atoms with E-state index in [0.29, 0.717) is 15.6 Å². The lowest BCUT2D eigenvalue weighted by atomic mass is 10.1. The molecule has 23 heavy (non-hydrogen) atoms. The highest BCUT2D eigenvalue weighted by atomic mass is 35.5. The highest BCUT2D eigenvalue weighted by molar-refractivity contribution is 6.48. The van der Waals surface area contributed by atoms with Crippen LogP contribution in [0.5, 0.6) is 0 Å². The first kappa shape index (κ1) is 16.5. The molecule has 2 aromatic rings. The van der Waals surface area contributed by atoms with Gasteiger partial charge in [-0.1, -0.05) is 46.9 Å². The molecule has 0 aliphatic carbocycles. The Bertz CT molecular complexity index is 880. The van der Waals surface area contributed by atoms with Gasteiger partial charge < -0.3 is 0 Å². The number of hydrogen-bond acceptors (Lipinski definition) is 3. The number of hydroxylamine groups is 2. The van der Waals surface area contributed by atoms with Crippen molar-refractivity contribution in [2.75, 3.05) is 0 Å². The molecule has 120 valence electrons. The molecule has 0 saturated carbocycles. The maximum atomic E-state index is 14.3. The van der Waals surface area contributed by atoms with Crippen molar-refractivity contribution in [3.8, 4) is 0 Å². The van der Waals surface area contributed by atoms with Crippen molar-refractivity contribution in [3.05, 3.63) is 69.4 Å². The number of alkyl halides is 2. The summed E-state index contributed by atoms with van der Waals surface area (Å²) in [6.45, 7) is 1.51. The number of benzene rings is 2. The lowest BCUT2D eigenvalue weighted by Crippen LogP contribution is -2.50. The molecule has 1 N–H and O–H groups in total. The molecule has 7 heteroatoms. The zero-order chi connectivity index (χ0) is 16.8. The number of fused-ring (bicyclic) bond motifs is 1. The van der Waals surface area contributed by atoms with Crippen LogP contribution >= 0.6 is 34.8 Å². The summed E-state index contributed by atoms with van der Waals surface area (Å²) in [5.41, 5.74) is 0.420. The molecule has 0 radical (unpaired) electrons. The summed E-state index contributed by atoms with van der Waals surface area (Å²) in [4.78, 5) is 4.35. The van der Waals surface area contributed by atoms with Crippen molar-refractivity contribution in [1.29, 1.82) is 0 Å². The van der Waals surface area contributed by atoms with Crippen LogP contribution in [0, 0.1) is 5.82 Å². The molecule has 1 aliphatic rings. The number of nitrogens with zero attached hydrogens (tertiary/aromatic N) is 2. The summed E-state index contributed by atoms with van der Waals surface area (Å²) in [6, 6.07) is 11.1. The van der Waals surface area contributed by atoms with Gasteiger partial charge in [-0.25, -0.2) is 9.45 Å². The van der Waals surface area contributed by atoms with E-state index in [1.54, 1.807) is 36.4 Å². The fourth-order valence-electron chi connectivity index (χ4n) is 2.49. The second-order valence-corrected chi connectivity index (χ2v) is 7.49. The van der Waals surface area contributed by atoms with Crippen molar-refractivity contribution in [2.45, 2.75) is 17.4 Å². The molecule has 0 fully saturated rings. The summed E-state index contributed by atoms with van der Waals surface area (Å²) in [7, 11) is 0. The second kappa shape index (κ2) is 5.95. The third-order valence-corrected chi connectivity index (χ3v) is 4.14. The van der Waals surface area contributed by atoms with Crippen LogP contribution in [0.3, 0.4) is 0 Å². The molecule has 1 unspecified atom stereocenters. The van der Waals surface area contributed by atoms with Crippen molar-refractivity contribution in [1.82, 2.24) is 5.06 Å². The maximum Gasteiger partial charge on any atom is 0.178 e. The monoisotopic (exact) mass is 372 g/mol. The zero-order valence-electron chi connectivity index (χ0n) is 12.0. The molecular formula is C16H12Cl3FN2O. The van der Waals surface area contributed by atoms with Gasteiger partial charge in [-0.3, -0.25) is 10.2 Å². The predicted octanol–water partition coefficient (Wildman–Crippen LogP) is 3.48. The molecule has 1 heterocycles. The summed E-state index contributed by atoms with van der Waals surface area (Å²) < 4.78 is 12.9. The smallest absolute Gasteiger partial charge is 0.178 e. The van der Waals surface area contributed by atoms with Crippen LogP contribution in [-0.2, 0) is 0 Å². The van der Waals surface area contributed by atoms with E-state index in [0.717, 1.165) is 5.06 Å². The van der Waals surface area contributed by atoms with Crippen molar-refractivity contribution in [3.63, 3.8) is 0 Å². The van der Waals surface area contributed by atoms with Gasteiger partial charge in [-0.2, -0.15) is 0 Å². The largest absolute Gasteiger partial charge is 0.286 e. The van der Waals surface area contributed by atoms with Crippen molar-refractivity contribution >= 4 is 40.5 Å². The average molecular weight is 374 g/mol. The maximum absolute atomic E-state index is 14.3. The Hall–Kier alpha value is -1.33. The Morgan fingerprint density at radius 3 is 2.57 bits per heavy atom. The first-order valence-corrected chi connectivity index (χ1v) is 7.91. The Morgan fingerprint density at radius 2 is 1.91 bits per heavy atom. The van der Waals surface area contributed by atoms with E-state index in [2.05, 4.69) is 4.99 Å². The third-order valence-electron chi connectivity index (χ3n) is 3.52. The number of rotatable bonds is 2. The lowest BCUT2D eigenvalue weighted by Gasteiger charge is -2.34. The molecule has 1 atom stereocenters. The summed E-state index contributed by atoms with van der Waals surface area (Å²) >= 11 is 18.3. The van der Waals surface area contributed by atoms with Crippen LogP contribution in [0.2, 0.25) is 5.02 Å². The van der Waals surface area contributed by atoms with Gasteiger partial charge in [0.05, 0.1) is 11.1 Å². The van der Waals surface area contributed by atoms with Gasteiger partial charge in [0.25, 0.3) is 0 Å². The van der Waals surface area contributed by atoms with E-state index in [1.807, 2.05) is 0 Å². The summed E-state index contributed by atoms with van der Waals surface area (Å²) in [5, 5.41) is 12.9. The molecule has 0 spiro atoms. The second-order valence-electron chi connectivity index (χ2n) is 5.29. The van der Waals surface area contributed by atoms with Gasteiger partial charge in [-0.05, 0) is 37.3 Å². The quantitative estimate of drug-likeness (QED) is 0.818. The van der Waals surface area contributed by atoms with Gasteiger partial charge in [-0.15, -0.1) is 0 Å². The first-order chi connectivity index (χ1) is 10.8. The van der Waals surface area contributed by atoms with Gasteiger partial charge in [0.1, 0.15) is 5.82 Å². The van der Waals surface area contributed by atoms with E-state index < -0.39 is 16.3 Å². The molecule has 0 bridgehead atoms. The highest BCUT2D eigenvalue weighted by Crippen LogP contribution is 2.33. The van der Waals surface area contributed by atoms with Gasteiger partial charge in [0.2, 0.25) is 0 Å². The zero-order valence-corrected chi connectivity index (χ0v) is 14.2. The van der Waals surface area contributed by atoms with Gasteiger partial charge in [0.15, 0.2) is 10.5 Å². The third kappa shape index (κ3) is 3.04. The average Bonchev–Trinajstić information content (AvgIpc) is 2.47. The minimum absolute atomic E-state index is 0.205. The van der Waals surface area contributed by atoms with E-state index in [-0.39, 0.29) is 11.3 Å². The van der Waals surface area contributed by atoms with E-state index >= 15 is 0 Å². The molecule has 2 aromatic carbocycles. The van der Waals surface area contributed by atoms with Gasteiger partial charge in [0, 0.05) is 15.8 Å². The molecular weight excluding hydrogens is 362 g/mol. The Morgan fingerprint density at radius 1 is 1.22 bits per heavy atom. The topological polar surface area (TPSA) is 35.8 Å². The van der Waals surface area contributed by atoms with E-state index in [4.69, 9.17) is 34.8 Å². The Balaban J connectivity index is 2.39. The molecule has 1 aliphatic heterocycles. The molecule has 3 rings (SSSR count). The highest BCUT2D eigenvalue weighted by Gasteiger charge is 2.38. The molecule has 0 aromatic heterocycles. The lowest BCUT2D eigenvalue weighted by molar-refractivity contribution is -0.0707. The fraction of sp³-hybridized carbons (Fsp3) is 0.188. The molecule has 0 saturated heterocycles. The minimum atomic E-state index is -1.39. The Labute approximate surface area is 147 Å². The fourth-order valence-corrected chi connectivity index (χ4v) is 2.95. The Kier molecular flexibility index (Phi) is 4.27. The summed E-state index contributed by atoms with van der Waals surface area (Å²) in [5.74, 6) is -0.487. The molecule has 0 amide bonds. The first-order valence-electron chi connectivity index (χ1n) is 6.77. The standard InChI is InChI=1S/C16H12Cl3FN2O/c1-16(18,19)15-21-13-7-6-9(17)8-11(13)14(22(15)23)10-4-2-3-5-12(10)20/h2-8,15,23H,1H3. The predicted molar refractivity (Wildman–Crippen MR) is 88.7 cm³/mol. The van der Waals surface area contributed by atoms with Crippen LogP contribution in [0.25, 0.3) is 5.70 Å². The van der Waals surface area contributed by atoms with E-state index in [1.165, 1.54) is 13.0 Å². The van der Waals surface area contributed by atoms with Gasteiger partial charge >= 0.3 is 0 Å². The molecule has 3 nitrogen and oxygen atoms in total. The van der Waals surface area contributed by atoms with Crippen LogP contribution in [0.15, 0.2) is 47.5 Å². The van der Waals surface area contributed by atoms with Crippen molar-refractivity contribution in [2.24, 2.45) is 4.99 Å². The van der Waals surface area contributed by atoms with Crippen LogP contribution in [0.4, 0.5) is 4.39 Å².